The first-order valence-electron chi connectivity index (χ1n) is 5.02. The molecule has 0 spiro atoms. The second-order valence-corrected chi connectivity index (χ2v) is 3.66. The molecule has 16 heavy (non-hydrogen) atoms. The minimum Gasteiger partial charge on any atom is -0.481 e. The highest BCUT2D eigenvalue weighted by molar-refractivity contribution is 5.86. The van der Waals surface area contributed by atoms with Crippen molar-refractivity contribution in [2.75, 3.05) is 19.6 Å². The summed E-state index contributed by atoms with van der Waals surface area (Å²) in [5.41, 5.74) is 5.01. The molecule has 1 aliphatic heterocycles. The van der Waals surface area contributed by atoms with Gasteiger partial charge in [-0.15, -0.1) is 0 Å². The normalized spacial score (nSPS) is 21.5. The SMILES string of the molecule is NC(=O)CCN1CCNC(=O)C1CC(=O)O. The first-order valence-corrected chi connectivity index (χ1v) is 5.02. The summed E-state index contributed by atoms with van der Waals surface area (Å²) in [7, 11) is 0. The lowest BCUT2D eigenvalue weighted by Crippen LogP contribution is -2.56. The molecule has 1 aliphatic rings. The Balaban J connectivity index is 2.59. The number of carbonyl (C=O) groups is 3. The van der Waals surface area contributed by atoms with E-state index in [9.17, 15) is 14.4 Å². The summed E-state index contributed by atoms with van der Waals surface area (Å²) < 4.78 is 0. The van der Waals surface area contributed by atoms with Crippen LogP contribution in [0.3, 0.4) is 0 Å². The van der Waals surface area contributed by atoms with Gasteiger partial charge in [-0.2, -0.15) is 0 Å². The van der Waals surface area contributed by atoms with E-state index in [1.807, 2.05) is 0 Å². The van der Waals surface area contributed by atoms with Crippen LogP contribution in [0.2, 0.25) is 0 Å². The highest BCUT2D eigenvalue weighted by atomic mass is 16.4. The Morgan fingerprint density at radius 3 is 2.81 bits per heavy atom. The molecule has 0 aromatic heterocycles. The van der Waals surface area contributed by atoms with Crippen LogP contribution in [0.4, 0.5) is 0 Å². The average molecular weight is 229 g/mol. The summed E-state index contributed by atoms with van der Waals surface area (Å²) in [6.45, 7) is 1.32. The average Bonchev–Trinajstić information content (AvgIpc) is 2.18. The zero-order chi connectivity index (χ0) is 12.1. The number of hydrogen-bond acceptors (Lipinski definition) is 4. The van der Waals surface area contributed by atoms with E-state index >= 15 is 0 Å². The van der Waals surface area contributed by atoms with E-state index in [0.717, 1.165) is 0 Å². The van der Waals surface area contributed by atoms with Crippen molar-refractivity contribution in [3.8, 4) is 0 Å². The second-order valence-electron chi connectivity index (χ2n) is 3.66. The Hall–Kier alpha value is -1.63. The lowest BCUT2D eigenvalue weighted by atomic mass is 10.1. The molecule has 7 nitrogen and oxygen atoms in total. The second kappa shape index (κ2) is 5.45. The minimum atomic E-state index is -1.04. The van der Waals surface area contributed by atoms with Crippen LogP contribution in [0.25, 0.3) is 0 Å². The summed E-state index contributed by atoms with van der Waals surface area (Å²) >= 11 is 0. The van der Waals surface area contributed by atoms with Crippen LogP contribution in [0.15, 0.2) is 0 Å². The van der Waals surface area contributed by atoms with Gasteiger partial charge in [0.15, 0.2) is 0 Å². The maximum atomic E-state index is 11.5. The number of hydrogen-bond donors (Lipinski definition) is 3. The molecular weight excluding hydrogens is 214 g/mol. The topological polar surface area (TPSA) is 113 Å². The molecule has 7 heteroatoms. The molecular formula is C9H15N3O4. The Morgan fingerprint density at radius 2 is 2.25 bits per heavy atom. The molecule has 0 bridgehead atoms. The zero-order valence-corrected chi connectivity index (χ0v) is 8.81. The van der Waals surface area contributed by atoms with Crippen molar-refractivity contribution < 1.29 is 19.5 Å². The highest BCUT2D eigenvalue weighted by Crippen LogP contribution is 2.09. The molecule has 1 saturated heterocycles. The van der Waals surface area contributed by atoms with Gasteiger partial charge >= 0.3 is 5.97 Å². The van der Waals surface area contributed by atoms with Gasteiger partial charge < -0.3 is 16.2 Å². The molecule has 2 amide bonds. The molecule has 1 fully saturated rings. The third-order valence-corrected chi connectivity index (χ3v) is 2.46. The smallest absolute Gasteiger partial charge is 0.305 e. The summed E-state index contributed by atoms with van der Waals surface area (Å²) in [6, 6.07) is -0.703. The van der Waals surface area contributed by atoms with Crippen molar-refractivity contribution in [3.63, 3.8) is 0 Å². The summed E-state index contributed by atoms with van der Waals surface area (Å²) in [5.74, 6) is -1.80. The zero-order valence-electron chi connectivity index (χ0n) is 8.81. The van der Waals surface area contributed by atoms with Crippen LogP contribution < -0.4 is 11.1 Å². The monoisotopic (exact) mass is 229 g/mol. The third-order valence-electron chi connectivity index (χ3n) is 2.46. The molecule has 90 valence electrons. The standard InChI is InChI=1S/C9H15N3O4/c10-7(13)1-3-12-4-2-11-9(16)6(12)5-8(14)15/h6H,1-5H2,(H2,10,13)(H,11,16)(H,14,15). The Morgan fingerprint density at radius 1 is 1.56 bits per heavy atom. The van der Waals surface area contributed by atoms with Gasteiger partial charge in [0.25, 0.3) is 0 Å². The number of nitrogens with two attached hydrogens (primary N) is 1. The summed E-state index contributed by atoms with van der Waals surface area (Å²) in [6.07, 6.45) is -0.131. The molecule has 1 atom stereocenters. The van der Waals surface area contributed by atoms with Crippen LogP contribution in [0, 0.1) is 0 Å². The van der Waals surface area contributed by atoms with E-state index in [4.69, 9.17) is 10.8 Å². The predicted molar refractivity (Wildman–Crippen MR) is 54.4 cm³/mol. The molecule has 0 radical (unpaired) electrons. The molecule has 0 aliphatic carbocycles. The first kappa shape index (κ1) is 12.4. The fraction of sp³-hybridized carbons (Fsp3) is 0.667. The summed E-state index contributed by atoms with van der Waals surface area (Å²) in [5, 5.41) is 11.3. The lowest BCUT2D eigenvalue weighted by Gasteiger charge is -2.33. The van der Waals surface area contributed by atoms with Gasteiger partial charge in [-0.3, -0.25) is 19.3 Å². The number of piperazine rings is 1. The quantitative estimate of drug-likeness (QED) is 0.511. The maximum absolute atomic E-state index is 11.5. The van der Waals surface area contributed by atoms with Crippen molar-refractivity contribution in [3.05, 3.63) is 0 Å². The van der Waals surface area contributed by atoms with Crippen LogP contribution >= 0.6 is 0 Å². The van der Waals surface area contributed by atoms with Gasteiger partial charge in [0, 0.05) is 26.1 Å². The van der Waals surface area contributed by atoms with Gasteiger partial charge in [-0.25, -0.2) is 0 Å². The highest BCUT2D eigenvalue weighted by Gasteiger charge is 2.31. The Labute approximate surface area is 92.6 Å². The van der Waals surface area contributed by atoms with Crippen LogP contribution in [-0.2, 0) is 14.4 Å². The largest absolute Gasteiger partial charge is 0.481 e. The molecule has 1 unspecified atom stereocenters. The molecule has 1 heterocycles. The van der Waals surface area contributed by atoms with E-state index < -0.39 is 17.9 Å². The molecule has 1 rings (SSSR count). The number of rotatable bonds is 5. The van der Waals surface area contributed by atoms with E-state index in [-0.39, 0.29) is 18.7 Å². The van der Waals surface area contributed by atoms with Gasteiger partial charge in [-0.05, 0) is 0 Å². The predicted octanol–water partition coefficient (Wildman–Crippen LogP) is -1.86. The number of carboxylic acids is 1. The lowest BCUT2D eigenvalue weighted by molar-refractivity contribution is -0.143. The molecule has 0 saturated carbocycles. The van der Waals surface area contributed by atoms with E-state index in [2.05, 4.69) is 5.32 Å². The number of amides is 2. The molecule has 4 N–H and O–H groups in total. The van der Waals surface area contributed by atoms with Gasteiger partial charge in [0.1, 0.15) is 0 Å². The number of primary amides is 1. The summed E-state index contributed by atoms with van der Waals surface area (Å²) in [4.78, 5) is 34.4. The molecule has 0 aromatic carbocycles. The van der Waals surface area contributed by atoms with Crippen molar-refractivity contribution >= 4 is 17.8 Å². The first-order chi connectivity index (χ1) is 7.50. The van der Waals surface area contributed by atoms with Crippen molar-refractivity contribution in [1.82, 2.24) is 10.2 Å². The number of carbonyl (C=O) groups excluding carboxylic acids is 2. The van der Waals surface area contributed by atoms with Gasteiger partial charge in [0.05, 0.1) is 12.5 Å². The van der Waals surface area contributed by atoms with Crippen molar-refractivity contribution in [1.29, 1.82) is 0 Å². The fourth-order valence-electron chi connectivity index (χ4n) is 1.67. The fourth-order valence-corrected chi connectivity index (χ4v) is 1.67. The molecule has 0 aromatic rings. The van der Waals surface area contributed by atoms with Crippen LogP contribution in [0.1, 0.15) is 12.8 Å². The van der Waals surface area contributed by atoms with Crippen molar-refractivity contribution in [2.45, 2.75) is 18.9 Å². The van der Waals surface area contributed by atoms with E-state index in [0.29, 0.717) is 19.6 Å². The van der Waals surface area contributed by atoms with E-state index in [1.165, 1.54) is 0 Å². The number of nitrogens with one attached hydrogen (secondary N) is 1. The Bertz CT molecular complexity index is 305. The number of aliphatic carboxylic acids is 1. The number of carboxylic acid groups (broad SMARTS) is 1. The van der Waals surface area contributed by atoms with Gasteiger partial charge in [-0.1, -0.05) is 0 Å². The van der Waals surface area contributed by atoms with Crippen molar-refractivity contribution in [2.24, 2.45) is 5.73 Å². The van der Waals surface area contributed by atoms with Crippen LogP contribution in [0.5, 0.6) is 0 Å². The van der Waals surface area contributed by atoms with Crippen LogP contribution in [-0.4, -0.2) is 53.5 Å². The third kappa shape index (κ3) is 3.50. The van der Waals surface area contributed by atoms with Gasteiger partial charge in [0.2, 0.25) is 11.8 Å². The maximum Gasteiger partial charge on any atom is 0.305 e. The number of nitrogens with zero attached hydrogens (tertiary/aromatic N) is 1. The van der Waals surface area contributed by atoms with E-state index in [1.54, 1.807) is 4.90 Å². The Kier molecular flexibility index (Phi) is 4.24. The minimum absolute atomic E-state index is 0.128.